The molecule has 0 N–H and O–H groups in total. The fraction of sp³-hybridized carbons (Fsp3) is 0.524. The van der Waals surface area contributed by atoms with Crippen LogP contribution in [-0.4, -0.2) is 11.1 Å². The van der Waals surface area contributed by atoms with Gasteiger partial charge in [0.25, 0.3) is 0 Å². The zero-order valence-corrected chi connectivity index (χ0v) is 15.2. The van der Waals surface area contributed by atoms with E-state index >= 15 is 0 Å². The summed E-state index contributed by atoms with van der Waals surface area (Å²) in [5, 5.41) is 5.15. The highest BCUT2D eigenvalue weighted by Crippen LogP contribution is 2.56. The standard InChI is InChI=1S/C21H26N4/c1-3-21-12-7-6-9-18(21)20-17(11-13-23-24-22)16-8-4-5-10-19(16)25(20)15(2)14-21/h4-5,8,10,14,18H,3,6-7,9,11-13H2,1-2H3/t18-,21+/m1/s1. The van der Waals surface area contributed by atoms with Crippen LogP contribution in [0.2, 0.25) is 0 Å². The van der Waals surface area contributed by atoms with E-state index in [2.05, 4.69) is 58.8 Å². The van der Waals surface area contributed by atoms with Crippen LogP contribution in [0, 0.1) is 5.41 Å². The molecule has 0 amide bonds. The number of fused-ring (bicyclic) bond motifs is 5. The second-order valence-corrected chi connectivity index (χ2v) is 7.59. The predicted molar refractivity (Wildman–Crippen MR) is 104 cm³/mol. The number of nitrogens with zero attached hydrogens (tertiary/aromatic N) is 4. The number of aromatic nitrogens is 1. The van der Waals surface area contributed by atoms with Crippen LogP contribution in [0.1, 0.15) is 63.1 Å². The normalized spacial score (nSPS) is 25.0. The van der Waals surface area contributed by atoms with Gasteiger partial charge in [-0.25, -0.2) is 0 Å². The molecule has 0 bridgehead atoms. The van der Waals surface area contributed by atoms with Crippen LogP contribution in [0.4, 0.5) is 0 Å². The van der Waals surface area contributed by atoms with E-state index in [4.69, 9.17) is 5.53 Å². The fourth-order valence-corrected chi connectivity index (χ4v) is 5.39. The second-order valence-electron chi connectivity index (χ2n) is 7.59. The summed E-state index contributed by atoms with van der Waals surface area (Å²) in [5.41, 5.74) is 14.6. The lowest BCUT2D eigenvalue weighted by Crippen LogP contribution is -2.35. The lowest BCUT2D eigenvalue weighted by atomic mass is 9.61. The molecule has 1 saturated carbocycles. The van der Waals surface area contributed by atoms with Crippen molar-refractivity contribution in [2.45, 2.75) is 58.3 Å². The Bertz CT molecular complexity index is 885. The number of rotatable bonds is 4. The van der Waals surface area contributed by atoms with Crippen LogP contribution in [0.5, 0.6) is 0 Å². The molecule has 130 valence electrons. The highest BCUT2D eigenvalue weighted by molar-refractivity contribution is 5.89. The minimum Gasteiger partial charge on any atom is -0.317 e. The molecule has 0 unspecified atom stereocenters. The molecule has 2 aliphatic rings. The quantitative estimate of drug-likeness (QED) is 0.352. The molecular formula is C21H26N4. The molecule has 2 heterocycles. The predicted octanol–water partition coefficient (Wildman–Crippen LogP) is 6.42. The zero-order valence-electron chi connectivity index (χ0n) is 15.2. The third-order valence-electron chi connectivity index (χ3n) is 6.46. The van der Waals surface area contributed by atoms with E-state index in [0.717, 1.165) is 6.42 Å². The number of hydrogen-bond donors (Lipinski definition) is 0. The molecule has 1 aromatic heterocycles. The van der Waals surface area contributed by atoms with Gasteiger partial charge in [0.1, 0.15) is 0 Å². The zero-order chi connectivity index (χ0) is 17.4. The molecule has 4 rings (SSSR count). The van der Waals surface area contributed by atoms with Crippen molar-refractivity contribution in [2.75, 3.05) is 6.54 Å². The maximum atomic E-state index is 8.70. The molecular weight excluding hydrogens is 308 g/mol. The summed E-state index contributed by atoms with van der Waals surface area (Å²) in [6.07, 6.45) is 9.81. The van der Waals surface area contributed by atoms with Gasteiger partial charge in [-0.3, -0.25) is 0 Å². The van der Waals surface area contributed by atoms with Crippen LogP contribution >= 0.6 is 0 Å². The van der Waals surface area contributed by atoms with Crippen molar-refractivity contribution >= 4 is 16.6 Å². The molecule has 0 spiro atoms. The first-order valence-corrected chi connectivity index (χ1v) is 9.55. The van der Waals surface area contributed by atoms with Gasteiger partial charge in [0.05, 0.1) is 5.52 Å². The first-order valence-electron chi connectivity index (χ1n) is 9.55. The van der Waals surface area contributed by atoms with Crippen LogP contribution in [0.15, 0.2) is 35.5 Å². The van der Waals surface area contributed by atoms with Gasteiger partial charge >= 0.3 is 0 Å². The van der Waals surface area contributed by atoms with Crippen LogP contribution in [0.25, 0.3) is 27.0 Å². The summed E-state index contributed by atoms with van der Waals surface area (Å²) in [6, 6.07) is 8.71. The van der Waals surface area contributed by atoms with E-state index in [-0.39, 0.29) is 0 Å². The van der Waals surface area contributed by atoms with Gasteiger partial charge in [-0.15, -0.1) is 0 Å². The third kappa shape index (κ3) is 2.39. The summed E-state index contributed by atoms with van der Waals surface area (Å²) in [4.78, 5) is 2.96. The number of azide groups is 1. The molecule has 1 aliphatic heterocycles. The average Bonchev–Trinajstić information content (AvgIpc) is 2.97. The molecule has 2 atom stereocenters. The van der Waals surface area contributed by atoms with Crippen molar-refractivity contribution in [1.82, 2.24) is 4.57 Å². The van der Waals surface area contributed by atoms with Gasteiger partial charge in [0.15, 0.2) is 0 Å². The van der Waals surface area contributed by atoms with Gasteiger partial charge < -0.3 is 4.57 Å². The summed E-state index contributed by atoms with van der Waals surface area (Å²) >= 11 is 0. The average molecular weight is 334 g/mol. The molecule has 4 heteroatoms. The summed E-state index contributed by atoms with van der Waals surface area (Å²) in [7, 11) is 0. The van der Waals surface area contributed by atoms with Gasteiger partial charge in [-0.05, 0) is 55.2 Å². The lowest BCUT2D eigenvalue weighted by Gasteiger charge is -2.46. The van der Waals surface area contributed by atoms with Crippen molar-refractivity contribution < 1.29 is 0 Å². The maximum Gasteiger partial charge on any atom is 0.0530 e. The Balaban J connectivity index is 1.98. The Kier molecular flexibility index (Phi) is 4.09. The molecule has 25 heavy (non-hydrogen) atoms. The summed E-state index contributed by atoms with van der Waals surface area (Å²) in [5.74, 6) is 0.586. The van der Waals surface area contributed by atoms with Crippen molar-refractivity contribution in [3.8, 4) is 0 Å². The number of para-hydroxylation sites is 1. The highest BCUT2D eigenvalue weighted by Gasteiger charge is 2.44. The van der Waals surface area contributed by atoms with E-state index in [0.29, 0.717) is 17.9 Å². The highest BCUT2D eigenvalue weighted by atomic mass is 15.1. The number of hydrogen-bond acceptors (Lipinski definition) is 1. The van der Waals surface area contributed by atoms with Gasteiger partial charge in [0, 0.05) is 34.2 Å². The number of allylic oxidation sites excluding steroid dienone is 2. The molecule has 1 fully saturated rings. The van der Waals surface area contributed by atoms with E-state index in [1.54, 1.807) is 0 Å². The topological polar surface area (TPSA) is 53.7 Å². The van der Waals surface area contributed by atoms with E-state index < -0.39 is 0 Å². The van der Waals surface area contributed by atoms with Crippen LogP contribution in [0.3, 0.4) is 0 Å². The van der Waals surface area contributed by atoms with E-state index in [1.807, 2.05) is 0 Å². The lowest BCUT2D eigenvalue weighted by molar-refractivity contribution is 0.194. The largest absolute Gasteiger partial charge is 0.317 e. The summed E-state index contributed by atoms with van der Waals surface area (Å²) < 4.78 is 2.49. The molecule has 0 radical (unpaired) electrons. The Morgan fingerprint density at radius 3 is 2.96 bits per heavy atom. The smallest absolute Gasteiger partial charge is 0.0530 e. The number of benzene rings is 1. The monoisotopic (exact) mass is 334 g/mol. The van der Waals surface area contributed by atoms with Crippen molar-refractivity contribution in [3.63, 3.8) is 0 Å². The molecule has 0 saturated heterocycles. The minimum absolute atomic E-state index is 0.306. The van der Waals surface area contributed by atoms with E-state index in [9.17, 15) is 0 Å². The molecule has 1 aliphatic carbocycles. The van der Waals surface area contributed by atoms with Crippen LogP contribution in [-0.2, 0) is 6.42 Å². The van der Waals surface area contributed by atoms with E-state index in [1.165, 1.54) is 60.0 Å². The molecule has 1 aromatic carbocycles. The van der Waals surface area contributed by atoms with Crippen LogP contribution < -0.4 is 0 Å². The van der Waals surface area contributed by atoms with Gasteiger partial charge in [-0.2, -0.15) is 0 Å². The second kappa shape index (κ2) is 6.27. The van der Waals surface area contributed by atoms with Crippen molar-refractivity contribution in [3.05, 3.63) is 52.0 Å². The van der Waals surface area contributed by atoms with Crippen molar-refractivity contribution in [1.29, 1.82) is 0 Å². The molecule has 4 nitrogen and oxygen atoms in total. The first kappa shape index (κ1) is 16.3. The molecule has 2 aromatic rings. The van der Waals surface area contributed by atoms with Crippen molar-refractivity contribution in [2.24, 2.45) is 10.5 Å². The maximum absolute atomic E-state index is 8.70. The Labute approximate surface area is 149 Å². The summed E-state index contributed by atoms with van der Waals surface area (Å²) in [6.45, 7) is 5.14. The Morgan fingerprint density at radius 1 is 1.32 bits per heavy atom. The Morgan fingerprint density at radius 2 is 2.16 bits per heavy atom. The van der Waals surface area contributed by atoms with Gasteiger partial charge in [0.2, 0.25) is 0 Å². The third-order valence-corrected chi connectivity index (χ3v) is 6.46. The fourth-order valence-electron chi connectivity index (χ4n) is 5.39. The Hall–Kier alpha value is -2.19. The van der Waals surface area contributed by atoms with Gasteiger partial charge in [-0.1, -0.05) is 49.2 Å². The first-order chi connectivity index (χ1) is 12.2. The SMILES string of the molecule is CC[C@]12C=C(C)n3c(c(CCN=[N+]=[N-])c4ccccc43)[C@H]1CCCC2. The minimum atomic E-state index is 0.306.